The first-order chi connectivity index (χ1) is 8.02. The van der Waals surface area contributed by atoms with Gasteiger partial charge in [0.15, 0.2) is 5.16 Å². The highest BCUT2D eigenvalue weighted by Crippen LogP contribution is 2.26. The van der Waals surface area contributed by atoms with Crippen LogP contribution in [0.3, 0.4) is 0 Å². The van der Waals surface area contributed by atoms with Gasteiger partial charge in [0.05, 0.1) is 0 Å². The second kappa shape index (κ2) is 4.58. The minimum absolute atomic E-state index is 0.232. The molecule has 88 valence electrons. The van der Waals surface area contributed by atoms with Crippen molar-refractivity contribution in [3.63, 3.8) is 0 Å². The molecule has 1 aromatic heterocycles. The summed E-state index contributed by atoms with van der Waals surface area (Å²) in [5, 5.41) is 0.417. The highest BCUT2D eigenvalue weighted by Gasteiger charge is 2.04. The van der Waals surface area contributed by atoms with Crippen molar-refractivity contribution >= 4 is 17.4 Å². The lowest BCUT2D eigenvalue weighted by Gasteiger charge is -2.03. The molecule has 4 nitrogen and oxygen atoms in total. The topological polar surface area (TPSA) is 71.8 Å². The molecular formula is C11H10FN3OS. The lowest BCUT2D eigenvalue weighted by Crippen LogP contribution is -2.07. The second-order valence-electron chi connectivity index (χ2n) is 3.51. The molecule has 0 fully saturated rings. The first-order valence-corrected chi connectivity index (χ1v) is 5.66. The fourth-order valence-electron chi connectivity index (χ4n) is 1.35. The smallest absolute Gasteiger partial charge is 0.251 e. The zero-order chi connectivity index (χ0) is 12.4. The van der Waals surface area contributed by atoms with E-state index in [9.17, 15) is 9.18 Å². The fraction of sp³-hybridized carbons (Fsp3) is 0.0909. The molecule has 0 unspecified atom stereocenters. The first kappa shape index (κ1) is 11.7. The van der Waals surface area contributed by atoms with Crippen LogP contribution in [0.25, 0.3) is 0 Å². The molecule has 6 heteroatoms. The molecule has 2 rings (SSSR count). The second-order valence-corrected chi connectivity index (χ2v) is 4.58. The van der Waals surface area contributed by atoms with Crippen LogP contribution in [0.15, 0.2) is 39.1 Å². The third-order valence-corrected chi connectivity index (χ3v) is 2.81. The van der Waals surface area contributed by atoms with E-state index in [0.717, 1.165) is 11.8 Å². The van der Waals surface area contributed by atoms with Crippen LogP contribution in [-0.4, -0.2) is 9.97 Å². The molecule has 2 aromatic rings. The standard InChI is InChI=1S/C11H10FN3OS/c1-6-2-10(16)15-11(14-6)17-9-4-7(12)3-8(13)5-9/h2-5H,13H2,1H3,(H,14,15,16). The number of nitrogens with zero attached hydrogens (tertiary/aromatic N) is 1. The van der Waals surface area contributed by atoms with Crippen LogP contribution < -0.4 is 11.3 Å². The Kier molecular flexibility index (Phi) is 3.14. The summed E-state index contributed by atoms with van der Waals surface area (Å²) in [4.78, 5) is 18.5. The molecule has 17 heavy (non-hydrogen) atoms. The van der Waals surface area contributed by atoms with Gasteiger partial charge < -0.3 is 10.7 Å². The molecule has 0 aliphatic carbocycles. The number of nitrogen functional groups attached to an aromatic ring is 1. The number of nitrogens with one attached hydrogen (secondary N) is 1. The third-order valence-electron chi connectivity index (χ3n) is 1.96. The summed E-state index contributed by atoms with van der Waals surface area (Å²) in [5.41, 5.74) is 6.24. The van der Waals surface area contributed by atoms with Crippen LogP contribution in [0.5, 0.6) is 0 Å². The Morgan fingerprint density at radius 3 is 2.76 bits per heavy atom. The summed E-state index contributed by atoms with van der Waals surface area (Å²) < 4.78 is 13.1. The van der Waals surface area contributed by atoms with Gasteiger partial charge in [0.1, 0.15) is 5.82 Å². The maximum atomic E-state index is 13.1. The molecule has 0 atom stereocenters. The highest BCUT2D eigenvalue weighted by molar-refractivity contribution is 7.99. The van der Waals surface area contributed by atoms with Crippen molar-refractivity contribution in [2.24, 2.45) is 0 Å². The molecule has 0 bridgehead atoms. The lowest BCUT2D eigenvalue weighted by atomic mass is 10.3. The molecule has 0 amide bonds. The summed E-state index contributed by atoms with van der Waals surface area (Å²) in [7, 11) is 0. The quantitative estimate of drug-likeness (QED) is 0.632. The monoisotopic (exact) mass is 251 g/mol. The molecular weight excluding hydrogens is 241 g/mol. The normalized spacial score (nSPS) is 10.5. The van der Waals surface area contributed by atoms with E-state index in [1.54, 1.807) is 13.0 Å². The molecule has 0 radical (unpaired) electrons. The Hall–Kier alpha value is -1.82. The summed E-state index contributed by atoms with van der Waals surface area (Å²) in [5.74, 6) is -0.414. The number of hydrogen-bond acceptors (Lipinski definition) is 4. The molecule has 0 aliphatic rings. The highest BCUT2D eigenvalue weighted by atomic mass is 32.2. The minimum Gasteiger partial charge on any atom is -0.399 e. The number of H-pyrrole nitrogens is 1. The molecule has 1 heterocycles. The number of rotatable bonds is 2. The molecule has 0 aliphatic heterocycles. The summed E-state index contributed by atoms with van der Waals surface area (Å²) in [6.45, 7) is 1.72. The molecule has 1 aromatic carbocycles. The largest absolute Gasteiger partial charge is 0.399 e. The van der Waals surface area contributed by atoms with Gasteiger partial charge in [-0.05, 0) is 25.1 Å². The van der Waals surface area contributed by atoms with Crippen molar-refractivity contribution in [3.05, 3.63) is 46.1 Å². The van der Waals surface area contributed by atoms with Gasteiger partial charge in [-0.25, -0.2) is 9.37 Å². The summed E-state index contributed by atoms with van der Waals surface area (Å²) >= 11 is 1.16. The third kappa shape index (κ3) is 3.07. The average molecular weight is 251 g/mol. The van der Waals surface area contributed by atoms with E-state index in [-0.39, 0.29) is 5.56 Å². The van der Waals surface area contributed by atoms with Gasteiger partial charge in [-0.1, -0.05) is 11.8 Å². The number of aryl methyl sites for hydroxylation is 1. The molecule has 0 saturated heterocycles. The van der Waals surface area contributed by atoms with E-state index in [1.165, 1.54) is 18.2 Å². The zero-order valence-corrected chi connectivity index (χ0v) is 9.84. The van der Waals surface area contributed by atoms with E-state index in [1.807, 2.05) is 0 Å². The number of nitrogens with two attached hydrogens (primary N) is 1. The number of halogens is 1. The van der Waals surface area contributed by atoms with Gasteiger partial charge in [-0.3, -0.25) is 4.79 Å². The van der Waals surface area contributed by atoms with Crippen LogP contribution in [0.4, 0.5) is 10.1 Å². The number of aromatic nitrogens is 2. The van der Waals surface area contributed by atoms with Gasteiger partial charge >= 0.3 is 0 Å². The average Bonchev–Trinajstić information content (AvgIpc) is 2.13. The van der Waals surface area contributed by atoms with Crippen LogP contribution in [0.1, 0.15) is 5.69 Å². The van der Waals surface area contributed by atoms with Gasteiger partial charge in [-0.15, -0.1) is 0 Å². The number of benzene rings is 1. The molecule has 3 N–H and O–H groups in total. The Morgan fingerprint density at radius 1 is 1.35 bits per heavy atom. The van der Waals surface area contributed by atoms with Gasteiger partial charge in [0, 0.05) is 22.3 Å². The van der Waals surface area contributed by atoms with E-state index < -0.39 is 5.82 Å². The van der Waals surface area contributed by atoms with E-state index in [2.05, 4.69) is 9.97 Å². The van der Waals surface area contributed by atoms with Gasteiger partial charge in [-0.2, -0.15) is 0 Å². The van der Waals surface area contributed by atoms with Crippen LogP contribution >= 0.6 is 11.8 Å². The maximum Gasteiger partial charge on any atom is 0.251 e. The Bertz CT molecular complexity index is 592. The Balaban J connectivity index is 2.34. The van der Waals surface area contributed by atoms with Crippen molar-refractivity contribution in [2.75, 3.05) is 5.73 Å². The summed E-state index contributed by atoms with van der Waals surface area (Å²) in [6.07, 6.45) is 0. The van der Waals surface area contributed by atoms with Crippen LogP contribution in [0.2, 0.25) is 0 Å². The minimum atomic E-state index is -0.414. The molecule has 0 saturated carbocycles. The van der Waals surface area contributed by atoms with Crippen molar-refractivity contribution in [1.29, 1.82) is 0 Å². The lowest BCUT2D eigenvalue weighted by molar-refractivity contribution is 0.625. The predicted octanol–water partition coefficient (Wildman–Crippen LogP) is 1.95. The molecule has 0 spiro atoms. The van der Waals surface area contributed by atoms with Gasteiger partial charge in [0.2, 0.25) is 0 Å². The first-order valence-electron chi connectivity index (χ1n) is 4.85. The van der Waals surface area contributed by atoms with Crippen LogP contribution in [0, 0.1) is 12.7 Å². The fourth-order valence-corrected chi connectivity index (χ4v) is 2.29. The number of anilines is 1. The van der Waals surface area contributed by atoms with E-state index in [4.69, 9.17) is 5.73 Å². The Morgan fingerprint density at radius 2 is 2.12 bits per heavy atom. The predicted molar refractivity (Wildman–Crippen MR) is 64.5 cm³/mol. The van der Waals surface area contributed by atoms with E-state index >= 15 is 0 Å². The van der Waals surface area contributed by atoms with Crippen molar-refractivity contribution < 1.29 is 4.39 Å². The van der Waals surface area contributed by atoms with Crippen molar-refractivity contribution in [2.45, 2.75) is 17.0 Å². The maximum absolute atomic E-state index is 13.1. The van der Waals surface area contributed by atoms with Gasteiger partial charge in [0.25, 0.3) is 5.56 Å². The Labute approximate surface area is 101 Å². The number of aromatic amines is 1. The zero-order valence-electron chi connectivity index (χ0n) is 9.03. The summed E-state index contributed by atoms with van der Waals surface area (Å²) in [6, 6.07) is 5.58. The van der Waals surface area contributed by atoms with E-state index in [0.29, 0.717) is 21.4 Å². The number of hydrogen-bond donors (Lipinski definition) is 2. The van der Waals surface area contributed by atoms with Crippen molar-refractivity contribution in [1.82, 2.24) is 9.97 Å². The SMILES string of the molecule is Cc1cc(=O)[nH]c(Sc2cc(N)cc(F)c2)n1. The van der Waals surface area contributed by atoms with Crippen molar-refractivity contribution in [3.8, 4) is 0 Å². The van der Waals surface area contributed by atoms with Crippen LogP contribution in [-0.2, 0) is 0 Å².